The van der Waals surface area contributed by atoms with Crippen LogP contribution in [0.5, 0.6) is 0 Å². The van der Waals surface area contributed by atoms with Crippen LogP contribution in [0.15, 0.2) is 36.7 Å². The van der Waals surface area contributed by atoms with Crippen LogP contribution < -0.4 is 16.0 Å². The Labute approximate surface area is 122 Å². The first-order valence-corrected chi connectivity index (χ1v) is 6.43. The van der Waals surface area contributed by atoms with Gasteiger partial charge in [-0.05, 0) is 24.6 Å². The van der Waals surface area contributed by atoms with Crippen LogP contribution >= 0.6 is 0 Å². The molecule has 1 aromatic heterocycles. The van der Waals surface area contributed by atoms with Gasteiger partial charge in [0.25, 0.3) is 0 Å². The molecule has 110 valence electrons. The zero-order valence-corrected chi connectivity index (χ0v) is 11.9. The SMILES string of the molecule is Cc1cccc(NC(=O)NCC(=O)Nc2cnn(C)c2)c1. The Morgan fingerprint density at radius 1 is 1.24 bits per heavy atom. The normalized spacial score (nSPS) is 10.0. The summed E-state index contributed by atoms with van der Waals surface area (Å²) in [4.78, 5) is 23.3. The van der Waals surface area contributed by atoms with E-state index in [1.165, 1.54) is 6.20 Å². The molecule has 0 bridgehead atoms. The van der Waals surface area contributed by atoms with Crippen molar-refractivity contribution in [1.29, 1.82) is 0 Å². The molecule has 0 aliphatic heterocycles. The predicted octanol–water partition coefficient (Wildman–Crippen LogP) is 1.49. The van der Waals surface area contributed by atoms with Crippen molar-refractivity contribution in [3.63, 3.8) is 0 Å². The van der Waals surface area contributed by atoms with Gasteiger partial charge in [0.1, 0.15) is 0 Å². The molecule has 1 aromatic carbocycles. The molecular weight excluding hydrogens is 270 g/mol. The van der Waals surface area contributed by atoms with Crippen LogP contribution in [-0.4, -0.2) is 28.3 Å². The zero-order chi connectivity index (χ0) is 15.2. The Morgan fingerprint density at radius 2 is 2.05 bits per heavy atom. The van der Waals surface area contributed by atoms with Gasteiger partial charge in [0.15, 0.2) is 0 Å². The standard InChI is InChI=1S/C14H17N5O2/c1-10-4-3-5-11(6-10)18-14(21)15-8-13(20)17-12-7-16-19(2)9-12/h3-7,9H,8H2,1-2H3,(H,17,20)(H2,15,18,21). The van der Waals surface area contributed by atoms with Crippen molar-refractivity contribution in [3.8, 4) is 0 Å². The van der Waals surface area contributed by atoms with E-state index in [1.807, 2.05) is 25.1 Å². The molecule has 3 N–H and O–H groups in total. The predicted molar refractivity (Wildman–Crippen MR) is 80.0 cm³/mol. The maximum atomic E-state index is 11.7. The molecule has 0 radical (unpaired) electrons. The fraction of sp³-hybridized carbons (Fsp3) is 0.214. The molecule has 0 aliphatic rings. The molecule has 0 atom stereocenters. The number of hydrogen-bond acceptors (Lipinski definition) is 3. The van der Waals surface area contributed by atoms with E-state index in [2.05, 4.69) is 21.0 Å². The summed E-state index contributed by atoms with van der Waals surface area (Å²) in [7, 11) is 1.75. The van der Waals surface area contributed by atoms with Gasteiger partial charge in [-0.25, -0.2) is 4.79 Å². The number of benzene rings is 1. The molecule has 0 saturated carbocycles. The summed E-state index contributed by atoms with van der Waals surface area (Å²) >= 11 is 0. The quantitative estimate of drug-likeness (QED) is 0.796. The van der Waals surface area contributed by atoms with Gasteiger partial charge in [-0.3, -0.25) is 9.48 Å². The van der Waals surface area contributed by atoms with Crippen LogP contribution in [0.1, 0.15) is 5.56 Å². The van der Waals surface area contributed by atoms with Gasteiger partial charge >= 0.3 is 6.03 Å². The summed E-state index contributed by atoms with van der Waals surface area (Å²) in [6.45, 7) is 1.82. The van der Waals surface area contributed by atoms with Crippen LogP contribution in [0.2, 0.25) is 0 Å². The van der Waals surface area contributed by atoms with Gasteiger partial charge in [0, 0.05) is 18.9 Å². The highest BCUT2D eigenvalue weighted by atomic mass is 16.2. The van der Waals surface area contributed by atoms with Gasteiger partial charge in [-0.15, -0.1) is 0 Å². The summed E-state index contributed by atoms with van der Waals surface area (Å²) in [6.07, 6.45) is 3.20. The van der Waals surface area contributed by atoms with E-state index in [1.54, 1.807) is 24.0 Å². The van der Waals surface area contributed by atoms with Crippen molar-refractivity contribution in [2.75, 3.05) is 17.2 Å². The third-order valence-corrected chi connectivity index (χ3v) is 2.67. The molecule has 3 amide bonds. The van der Waals surface area contributed by atoms with Gasteiger partial charge in [0.2, 0.25) is 5.91 Å². The monoisotopic (exact) mass is 287 g/mol. The van der Waals surface area contributed by atoms with E-state index in [-0.39, 0.29) is 12.5 Å². The topological polar surface area (TPSA) is 88.1 Å². The molecular formula is C14H17N5O2. The number of anilines is 2. The van der Waals surface area contributed by atoms with Crippen molar-refractivity contribution < 1.29 is 9.59 Å². The summed E-state index contributed by atoms with van der Waals surface area (Å²) in [5.41, 5.74) is 2.31. The smallest absolute Gasteiger partial charge is 0.319 e. The second-order valence-electron chi connectivity index (χ2n) is 4.63. The Balaban J connectivity index is 1.77. The molecule has 1 heterocycles. The number of rotatable bonds is 4. The maximum absolute atomic E-state index is 11.7. The number of nitrogens with one attached hydrogen (secondary N) is 3. The van der Waals surface area contributed by atoms with Gasteiger partial charge in [0.05, 0.1) is 18.4 Å². The highest BCUT2D eigenvalue weighted by Gasteiger charge is 2.07. The number of aromatic nitrogens is 2. The van der Waals surface area contributed by atoms with Crippen LogP contribution in [0.25, 0.3) is 0 Å². The lowest BCUT2D eigenvalue weighted by Gasteiger charge is -2.08. The van der Waals surface area contributed by atoms with E-state index in [9.17, 15) is 9.59 Å². The van der Waals surface area contributed by atoms with Crippen LogP contribution in [-0.2, 0) is 11.8 Å². The number of amides is 3. The van der Waals surface area contributed by atoms with Crippen LogP contribution in [0, 0.1) is 6.92 Å². The molecule has 0 fully saturated rings. The minimum atomic E-state index is -0.429. The van der Waals surface area contributed by atoms with E-state index in [0.717, 1.165) is 5.56 Å². The molecule has 0 saturated heterocycles. The maximum Gasteiger partial charge on any atom is 0.319 e. The lowest BCUT2D eigenvalue weighted by molar-refractivity contribution is -0.115. The number of urea groups is 1. The molecule has 2 aromatic rings. The van der Waals surface area contributed by atoms with Crippen molar-refractivity contribution in [1.82, 2.24) is 15.1 Å². The average molecular weight is 287 g/mol. The van der Waals surface area contributed by atoms with E-state index in [4.69, 9.17) is 0 Å². The number of hydrogen-bond donors (Lipinski definition) is 3. The first kappa shape index (κ1) is 14.6. The van der Waals surface area contributed by atoms with Crippen LogP contribution in [0.3, 0.4) is 0 Å². The van der Waals surface area contributed by atoms with Gasteiger partial charge in [-0.1, -0.05) is 12.1 Å². The van der Waals surface area contributed by atoms with Crippen molar-refractivity contribution in [2.24, 2.45) is 7.05 Å². The third kappa shape index (κ3) is 4.64. The van der Waals surface area contributed by atoms with E-state index in [0.29, 0.717) is 11.4 Å². The molecule has 2 rings (SSSR count). The van der Waals surface area contributed by atoms with E-state index >= 15 is 0 Å². The summed E-state index contributed by atoms with van der Waals surface area (Å²) < 4.78 is 1.58. The second-order valence-corrected chi connectivity index (χ2v) is 4.63. The number of carbonyl (C=O) groups excluding carboxylic acids is 2. The van der Waals surface area contributed by atoms with Gasteiger partial charge < -0.3 is 16.0 Å². The Bertz CT molecular complexity index is 650. The molecule has 0 spiro atoms. The lowest BCUT2D eigenvalue weighted by Crippen LogP contribution is -2.35. The van der Waals surface area contributed by atoms with Crippen molar-refractivity contribution >= 4 is 23.3 Å². The first-order chi connectivity index (χ1) is 10.0. The molecule has 7 heteroatoms. The minimum Gasteiger partial charge on any atom is -0.329 e. The Morgan fingerprint density at radius 3 is 2.71 bits per heavy atom. The number of aryl methyl sites for hydroxylation is 2. The molecule has 0 aliphatic carbocycles. The molecule has 7 nitrogen and oxygen atoms in total. The Kier molecular flexibility index (Phi) is 4.55. The van der Waals surface area contributed by atoms with Crippen molar-refractivity contribution in [3.05, 3.63) is 42.2 Å². The number of nitrogens with zero attached hydrogens (tertiary/aromatic N) is 2. The van der Waals surface area contributed by atoms with E-state index < -0.39 is 6.03 Å². The summed E-state index contributed by atoms with van der Waals surface area (Å²) in [6, 6.07) is 6.98. The zero-order valence-electron chi connectivity index (χ0n) is 11.9. The fourth-order valence-electron chi connectivity index (χ4n) is 1.75. The van der Waals surface area contributed by atoms with Gasteiger partial charge in [-0.2, -0.15) is 5.10 Å². The summed E-state index contributed by atoms with van der Waals surface area (Å²) in [5, 5.41) is 11.7. The van der Waals surface area contributed by atoms with Crippen LogP contribution in [0.4, 0.5) is 16.2 Å². The van der Waals surface area contributed by atoms with Crippen molar-refractivity contribution in [2.45, 2.75) is 6.92 Å². The Hall–Kier alpha value is -2.83. The highest BCUT2D eigenvalue weighted by molar-refractivity contribution is 5.96. The second kappa shape index (κ2) is 6.56. The highest BCUT2D eigenvalue weighted by Crippen LogP contribution is 2.08. The first-order valence-electron chi connectivity index (χ1n) is 6.43. The fourth-order valence-corrected chi connectivity index (χ4v) is 1.75. The molecule has 21 heavy (non-hydrogen) atoms. The minimum absolute atomic E-state index is 0.119. The third-order valence-electron chi connectivity index (χ3n) is 2.67. The average Bonchev–Trinajstić information content (AvgIpc) is 2.82. The lowest BCUT2D eigenvalue weighted by atomic mass is 10.2. The number of carbonyl (C=O) groups is 2. The molecule has 0 unspecified atom stereocenters. The summed E-state index contributed by atoms with van der Waals surface area (Å²) in [5.74, 6) is -0.317. The largest absolute Gasteiger partial charge is 0.329 e.